The predicted octanol–water partition coefficient (Wildman–Crippen LogP) is 4.71. The lowest BCUT2D eigenvalue weighted by Gasteiger charge is -2.40. The number of halogens is 6. The van der Waals surface area contributed by atoms with Crippen molar-refractivity contribution in [3.63, 3.8) is 0 Å². The number of alkyl halides is 6. The molecule has 2 amide bonds. The van der Waals surface area contributed by atoms with Crippen LogP contribution < -0.4 is 5.32 Å². The van der Waals surface area contributed by atoms with Gasteiger partial charge in [0.15, 0.2) is 0 Å². The Bertz CT molecular complexity index is 797. The van der Waals surface area contributed by atoms with Crippen LogP contribution in [0.15, 0.2) is 23.3 Å². The molecule has 0 atom stereocenters. The Morgan fingerprint density at radius 2 is 1.57 bits per heavy atom. The molecule has 1 fully saturated rings. The molecule has 2 N–H and O–H groups in total. The molecule has 1 aromatic rings. The second-order valence-corrected chi connectivity index (χ2v) is 7.81. The number of carbonyl (C=O) groups is 2. The first-order valence-electron chi connectivity index (χ1n) is 8.86. The average molecular weight is 438 g/mol. The fraction of sp³-hybridized carbons (Fsp3) is 0.556. The number of nitrogens with zero attached hydrogens (tertiary/aromatic N) is 2. The SMILES string of the molecule is CC(C)(CC(=O)N1CC(CC(=O)Nc2cc(C(F)(F)F)cc(C(F)(F)F)c2)C1)N=N. The van der Waals surface area contributed by atoms with E-state index in [0.717, 1.165) is 0 Å². The van der Waals surface area contributed by atoms with Gasteiger partial charge in [0.25, 0.3) is 0 Å². The summed E-state index contributed by atoms with van der Waals surface area (Å²) in [4.78, 5) is 25.6. The summed E-state index contributed by atoms with van der Waals surface area (Å²) in [6.45, 7) is 3.70. The summed E-state index contributed by atoms with van der Waals surface area (Å²) in [5, 5.41) is 5.42. The van der Waals surface area contributed by atoms with Gasteiger partial charge < -0.3 is 10.2 Å². The minimum absolute atomic E-state index is 0.0138. The van der Waals surface area contributed by atoms with Gasteiger partial charge in [0.2, 0.25) is 11.8 Å². The first-order chi connectivity index (χ1) is 13.6. The van der Waals surface area contributed by atoms with Crippen molar-refractivity contribution in [2.24, 2.45) is 11.0 Å². The second-order valence-electron chi connectivity index (χ2n) is 7.81. The number of benzene rings is 1. The van der Waals surface area contributed by atoms with E-state index in [2.05, 4.69) is 10.4 Å². The van der Waals surface area contributed by atoms with Gasteiger partial charge in [-0.1, -0.05) is 0 Å². The molecular weight excluding hydrogens is 418 g/mol. The highest BCUT2D eigenvalue weighted by molar-refractivity contribution is 5.91. The van der Waals surface area contributed by atoms with Crippen LogP contribution in [0.5, 0.6) is 0 Å². The zero-order valence-corrected chi connectivity index (χ0v) is 16.1. The van der Waals surface area contributed by atoms with Crippen LogP contribution in [0.4, 0.5) is 32.0 Å². The number of rotatable bonds is 6. The molecule has 1 saturated heterocycles. The predicted molar refractivity (Wildman–Crippen MR) is 93.6 cm³/mol. The molecule has 0 aliphatic carbocycles. The normalized spacial score (nSPS) is 15.5. The van der Waals surface area contributed by atoms with Crippen LogP contribution in [0.1, 0.15) is 37.8 Å². The van der Waals surface area contributed by atoms with Crippen molar-refractivity contribution in [3.05, 3.63) is 29.3 Å². The Morgan fingerprint density at radius 3 is 2.00 bits per heavy atom. The lowest BCUT2D eigenvalue weighted by molar-refractivity contribution is -0.143. The van der Waals surface area contributed by atoms with Gasteiger partial charge in [-0.05, 0) is 32.0 Å². The molecule has 0 spiro atoms. The van der Waals surface area contributed by atoms with Crippen LogP contribution in [-0.2, 0) is 21.9 Å². The summed E-state index contributed by atoms with van der Waals surface area (Å²) < 4.78 is 77.2. The molecule has 1 aliphatic heterocycles. The third kappa shape index (κ3) is 6.17. The van der Waals surface area contributed by atoms with Crippen molar-refractivity contribution in [1.82, 2.24) is 4.90 Å². The summed E-state index contributed by atoms with van der Waals surface area (Å²) in [6.07, 6.45) is -10.2. The molecular formula is C18H20F6N4O2. The van der Waals surface area contributed by atoms with Gasteiger partial charge in [-0.3, -0.25) is 9.59 Å². The van der Waals surface area contributed by atoms with Gasteiger partial charge in [0, 0.05) is 31.1 Å². The van der Waals surface area contributed by atoms with E-state index in [1.165, 1.54) is 4.90 Å². The van der Waals surface area contributed by atoms with Gasteiger partial charge in [-0.15, -0.1) is 0 Å². The molecule has 30 heavy (non-hydrogen) atoms. The number of anilines is 1. The van der Waals surface area contributed by atoms with Crippen molar-refractivity contribution in [2.45, 2.75) is 44.6 Å². The summed E-state index contributed by atoms with van der Waals surface area (Å²) in [6, 6.07) is 0.863. The zero-order chi connectivity index (χ0) is 22.9. The number of nitrogens with one attached hydrogen (secondary N) is 2. The molecule has 0 aromatic heterocycles. The highest BCUT2D eigenvalue weighted by atomic mass is 19.4. The van der Waals surface area contributed by atoms with Gasteiger partial charge in [0.05, 0.1) is 23.1 Å². The average Bonchev–Trinajstić information content (AvgIpc) is 2.55. The minimum atomic E-state index is -5.01. The molecule has 0 unspecified atom stereocenters. The van der Waals surface area contributed by atoms with E-state index in [1.807, 2.05) is 0 Å². The third-order valence-electron chi connectivity index (χ3n) is 4.54. The second kappa shape index (κ2) is 8.23. The third-order valence-corrected chi connectivity index (χ3v) is 4.54. The molecule has 1 heterocycles. The monoisotopic (exact) mass is 438 g/mol. The van der Waals surface area contributed by atoms with Crippen LogP contribution >= 0.6 is 0 Å². The van der Waals surface area contributed by atoms with E-state index in [0.29, 0.717) is 12.1 Å². The molecule has 0 radical (unpaired) electrons. The lowest BCUT2D eigenvalue weighted by Crippen LogP contribution is -2.52. The Balaban J connectivity index is 1.98. The van der Waals surface area contributed by atoms with E-state index >= 15 is 0 Å². The smallest absolute Gasteiger partial charge is 0.342 e. The molecule has 166 valence electrons. The van der Waals surface area contributed by atoms with Crippen LogP contribution in [0, 0.1) is 11.4 Å². The maximum absolute atomic E-state index is 12.9. The summed E-state index contributed by atoms with van der Waals surface area (Å²) in [7, 11) is 0. The summed E-state index contributed by atoms with van der Waals surface area (Å²) in [5.41, 5.74) is 2.53. The quantitative estimate of drug-likeness (QED) is 0.498. The fourth-order valence-corrected chi connectivity index (χ4v) is 2.93. The van der Waals surface area contributed by atoms with Crippen LogP contribution in [0.3, 0.4) is 0 Å². The largest absolute Gasteiger partial charge is 0.416 e. The van der Waals surface area contributed by atoms with E-state index in [-0.39, 0.29) is 43.8 Å². The number of hydrogen-bond acceptors (Lipinski definition) is 4. The van der Waals surface area contributed by atoms with Crippen molar-refractivity contribution in [3.8, 4) is 0 Å². The van der Waals surface area contributed by atoms with E-state index in [4.69, 9.17) is 5.53 Å². The minimum Gasteiger partial charge on any atom is -0.342 e. The molecule has 0 saturated carbocycles. The first kappa shape index (κ1) is 23.6. The zero-order valence-electron chi connectivity index (χ0n) is 16.1. The molecule has 1 aliphatic rings. The Kier molecular flexibility index (Phi) is 6.48. The Morgan fingerprint density at radius 1 is 1.07 bits per heavy atom. The van der Waals surface area contributed by atoms with Crippen LogP contribution in [-0.4, -0.2) is 35.3 Å². The number of amides is 2. The molecule has 6 nitrogen and oxygen atoms in total. The Hall–Kier alpha value is -2.66. The van der Waals surface area contributed by atoms with Crippen molar-refractivity contribution in [1.29, 1.82) is 5.53 Å². The van der Waals surface area contributed by atoms with Crippen molar-refractivity contribution in [2.75, 3.05) is 18.4 Å². The first-order valence-corrected chi connectivity index (χ1v) is 8.86. The maximum atomic E-state index is 12.9. The maximum Gasteiger partial charge on any atom is 0.416 e. The topological polar surface area (TPSA) is 85.6 Å². The van der Waals surface area contributed by atoms with Gasteiger partial charge in [-0.25, -0.2) is 5.53 Å². The van der Waals surface area contributed by atoms with Gasteiger partial charge in [0.1, 0.15) is 0 Å². The van der Waals surface area contributed by atoms with E-state index in [1.54, 1.807) is 13.8 Å². The molecule has 1 aromatic carbocycles. The van der Waals surface area contributed by atoms with E-state index < -0.39 is 40.6 Å². The van der Waals surface area contributed by atoms with Crippen molar-refractivity contribution >= 4 is 17.5 Å². The number of carbonyl (C=O) groups excluding carboxylic acids is 2. The highest BCUT2D eigenvalue weighted by Crippen LogP contribution is 2.37. The summed E-state index contributed by atoms with van der Waals surface area (Å²) in [5.74, 6) is -1.26. The molecule has 2 rings (SSSR count). The number of hydrogen-bond donors (Lipinski definition) is 2. The van der Waals surface area contributed by atoms with E-state index in [9.17, 15) is 35.9 Å². The van der Waals surface area contributed by atoms with Crippen LogP contribution in [0.25, 0.3) is 0 Å². The van der Waals surface area contributed by atoms with Crippen molar-refractivity contribution < 1.29 is 35.9 Å². The highest BCUT2D eigenvalue weighted by Gasteiger charge is 2.38. The van der Waals surface area contributed by atoms with Crippen LogP contribution in [0.2, 0.25) is 0 Å². The molecule has 0 bridgehead atoms. The van der Waals surface area contributed by atoms with Gasteiger partial charge >= 0.3 is 12.4 Å². The van der Waals surface area contributed by atoms with Gasteiger partial charge in [-0.2, -0.15) is 31.5 Å². The summed E-state index contributed by atoms with van der Waals surface area (Å²) >= 11 is 0. The standard InChI is InChI=1S/C18H20F6N4O2/c1-16(2,27-25)7-15(30)28-8-10(9-28)3-14(29)26-13-5-11(17(19,20)21)4-12(6-13)18(22,23)24/h4-6,10,25H,3,7-9H2,1-2H3,(H,26,29). The Labute approximate surface area is 168 Å². The number of likely N-dealkylation sites (tertiary alicyclic amines) is 1. The molecule has 12 heteroatoms. The lowest BCUT2D eigenvalue weighted by atomic mass is 9.93. The fourth-order valence-electron chi connectivity index (χ4n) is 2.93.